The first-order valence-electron chi connectivity index (χ1n) is 7.66. The van der Waals surface area contributed by atoms with E-state index in [2.05, 4.69) is 0 Å². The number of halogens is 1. The van der Waals surface area contributed by atoms with Crippen molar-refractivity contribution in [3.63, 3.8) is 0 Å². The molecule has 1 aromatic heterocycles. The first kappa shape index (κ1) is 17.1. The van der Waals surface area contributed by atoms with Crippen LogP contribution in [0, 0.1) is 5.82 Å². The molecule has 1 aliphatic rings. The van der Waals surface area contributed by atoms with Gasteiger partial charge in [-0.2, -0.15) is 4.31 Å². The Labute approximate surface area is 140 Å². The van der Waals surface area contributed by atoms with Crippen LogP contribution in [0.5, 0.6) is 0 Å². The Morgan fingerprint density at radius 3 is 2.54 bits per heavy atom. The molecule has 0 aliphatic carbocycles. The monoisotopic (exact) mass is 354 g/mol. The van der Waals surface area contributed by atoms with E-state index in [9.17, 15) is 17.9 Å². The normalized spacial score (nSPS) is 18.6. The van der Waals surface area contributed by atoms with Gasteiger partial charge in [-0.1, -0.05) is 6.07 Å². The zero-order valence-electron chi connectivity index (χ0n) is 13.0. The van der Waals surface area contributed by atoms with Gasteiger partial charge >= 0.3 is 0 Å². The van der Waals surface area contributed by atoms with Gasteiger partial charge in [-0.3, -0.25) is 4.90 Å². The number of piperazine rings is 1. The standard InChI is InChI=1S/C16H19FN2O4S/c17-13-3-1-4-14(11-13)24(21,22)19-8-6-18(7-9-19)12-15(20)16-5-2-10-23-16/h1-5,10-11,15,20H,6-9,12H2/t15-/m0/s1. The van der Waals surface area contributed by atoms with E-state index in [1.54, 1.807) is 12.1 Å². The third kappa shape index (κ3) is 3.67. The molecule has 1 N–H and O–H groups in total. The molecule has 0 unspecified atom stereocenters. The second-order valence-electron chi connectivity index (χ2n) is 5.69. The Balaban J connectivity index is 1.60. The summed E-state index contributed by atoms with van der Waals surface area (Å²) in [7, 11) is -3.69. The van der Waals surface area contributed by atoms with Crippen molar-refractivity contribution < 1.29 is 22.3 Å². The van der Waals surface area contributed by atoms with Crippen LogP contribution in [-0.4, -0.2) is 55.5 Å². The summed E-state index contributed by atoms with van der Waals surface area (Å²) in [6, 6.07) is 8.44. The lowest BCUT2D eigenvalue weighted by atomic mass is 10.2. The van der Waals surface area contributed by atoms with Crippen LogP contribution in [-0.2, 0) is 10.0 Å². The lowest BCUT2D eigenvalue weighted by molar-refractivity contribution is 0.0776. The first-order chi connectivity index (χ1) is 11.5. The summed E-state index contributed by atoms with van der Waals surface area (Å²) in [6.45, 7) is 1.95. The summed E-state index contributed by atoms with van der Waals surface area (Å²) in [5, 5.41) is 10.1. The van der Waals surface area contributed by atoms with Gasteiger partial charge in [0.05, 0.1) is 11.2 Å². The fraction of sp³-hybridized carbons (Fsp3) is 0.375. The Hall–Kier alpha value is -1.74. The zero-order chi connectivity index (χ0) is 17.2. The van der Waals surface area contributed by atoms with E-state index in [1.165, 1.54) is 28.8 Å². The Bertz CT molecular complexity index is 771. The smallest absolute Gasteiger partial charge is 0.243 e. The minimum absolute atomic E-state index is 0.0356. The first-order valence-corrected chi connectivity index (χ1v) is 9.10. The number of aliphatic hydroxyl groups is 1. The van der Waals surface area contributed by atoms with E-state index in [0.29, 0.717) is 38.5 Å². The SMILES string of the molecule is O=S(=O)(c1cccc(F)c1)N1CCN(C[C@H](O)c2ccco2)CC1. The highest BCUT2D eigenvalue weighted by Gasteiger charge is 2.29. The Kier molecular flexibility index (Phi) is 5.00. The van der Waals surface area contributed by atoms with Crippen molar-refractivity contribution in [1.29, 1.82) is 0 Å². The molecule has 1 aromatic carbocycles. The van der Waals surface area contributed by atoms with Crippen LogP contribution in [0.3, 0.4) is 0 Å². The van der Waals surface area contributed by atoms with Crippen LogP contribution in [0.25, 0.3) is 0 Å². The van der Waals surface area contributed by atoms with Gasteiger partial charge in [-0.05, 0) is 30.3 Å². The molecule has 0 spiro atoms. The molecule has 2 aromatic rings. The lowest BCUT2D eigenvalue weighted by Crippen LogP contribution is -2.49. The van der Waals surface area contributed by atoms with Gasteiger partial charge < -0.3 is 9.52 Å². The van der Waals surface area contributed by atoms with Crippen molar-refractivity contribution in [3.05, 3.63) is 54.2 Å². The summed E-state index contributed by atoms with van der Waals surface area (Å²) in [5.41, 5.74) is 0. The number of nitrogens with zero attached hydrogens (tertiary/aromatic N) is 2. The summed E-state index contributed by atoms with van der Waals surface area (Å²) in [5.74, 6) is -0.0823. The molecule has 1 saturated heterocycles. The molecule has 3 rings (SSSR count). The predicted octanol–water partition coefficient (Wildman–Crippen LogP) is 1.46. The maximum Gasteiger partial charge on any atom is 0.243 e. The second kappa shape index (κ2) is 7.02. The maximum atomic E-state index is 13.3. The van der Waals surface area contributed by atoms with Gasteiger partial charge in [0, 0.05) is 32.7 Å². The number of hydrogen-bond acceptors (Lipinski definition) is 5. The van der Waals surface area contributed by atoms with Crippen LogP contribution < -0.4 is 0 Å². The van der Waals surface area contributed by atoms with Crippen LogP contribution in [0.15, 0.2) is 52.0 Å². The molecular formula is C16H19FN2O4S. The number of β-amino-alcohol motifs (C(OH)–C–C–N with tert-alkyl or cyclic N) is 1. The summed E-state index contributed by atoms with van der Waals surface area (Å²) >= 11 is 0. The number of sulfonamides is 1. The molecule has 24 heavy (non-hydrogen) atoms. The molecule has 0 amide bonds. The predicted molar refractivity (Wildman–Crippen MR) is 85.3 cm³/mol. The molecule has 8 heteroatoms. The number of furan rings is 1. The molecule has 6 nitrogen and oxygen atoms in total. The summed E-state index contributed by atoms with van der Waals surface area (Å²) in [6.07, 6.45) is 0.758. The topological polar surface area (TPSA) is 74.0 Å². The van der Waals surface area contributed by atoms with Gasteiger partial charge in [0.1, 0.15) is 17.7 Å². The summed E-state index contributed by atoms with van der Waals surface area (Å²) in [4.78, 5) is 1.94. The van der Waals surface area contributed by atoms with Gasteiger partial charge in [-0.15, -0.1) is 0 Å². The van der Waals surface area contributed by atoms with Gasteiger partial charge in [0.2, 0.25) is 10.0 Å². The highest BCUT2D eigenvalue weighted by molar-refractivity contribution is 7.89. The molecule has 1 fully saturated rings. The molecule has 1 atom stereocenters. The van der Waals surface area contributed by atoms with Gasteiger partial charge in [0.15, 0.2) is 0 Å². The van der Waals surface area contributed by atoms with Crippen molar-refractivity contribution in [1.82, 2.24) is 9.21 Å². The van der Waals surface area contributed by atoms with Crippen molar-refractivity contribution in [2.24, 2.45) is 0 Å². The third-order valence-electron chi connectivity index (χ3n) is 4.07. The highest BCUT2D eigenvalue weighted by atomic mass is 32.2. The quantitative estimate of drug-likeness (QED) is 0.880. The molecule has 0 saturated carbocycles. The minimum Gasteiger partial charge on any atom is -0.467 e. The number of hydrogen-bond donors (Lipinski definition) is 1. The van der Waals surface area contributed by atoms with Crippen molar-refractivity contribution >= 4 is 10.0 Å². The largest absolute Gasteiger partial charge is 0.467 e. The Morgan fingerprint density at radius 2 is 1.92 bits per heavy atom. The number of benzene rings is 1. The van der Waals surface area contributed by atoms with Gasteiger partial charge in [-0.25, -0.2) is 12.8 Å². The van der Waals surface area contributed by atoms with E-state index >= 15 is 0 Å². The number of rotatable bonds is 5. The molecule has 1 aliphatic heterocycles. The minimum atomic E-state index is -3.69. The van der Waals surface area contributed by atoms with E-state index in [0.717, 1.165) is 6.07 Å². The third-order valence-corrected chi connectivity index (χ3v) is 5.96. The number of aliphatic hydroxyl groups excluding tert-OH is 1. The lowest BCUT2D eigenvalue weighted by Gasteiger charge is -2.34. The van der Waals surface area contributed by atoms with Crippen LogP contribution in [0.1, 0.15) is 11.9 Å². The van der Waals surface area contributed by atoms with Crippen LogP contribution in [0.2, 0.25) is 0 Å². The average Bonchev–Trinajstić information content (AvgIpc) is 3.10. The van der Waals surface area contributed by atoms with Crippen molar-refractivity contribution in [2.45, 2.75) is 11.0 Å². The zero-order valence-corrected chi connectivity index (χ0v) is 13.8. The fourth-order valence-corrected chi connectivity index (χ4v) is 4.20. The van der Waals surface area contributed by atoms with Crippen LogP contribution >= 0.6 is 0 Å². The van der Waals surface area contributed by atoms with E-state index in [1.807, 2.05) is 4.90 Å². The Morgan fingerprint density at radius 1 is 1.17 bits per heavy atom. The second-order valence-corrected chi connectivity index (χ2v) is 7.63. The fourth-order valence-electron chi connectivity index (χ4n) is 2.74. The molecular weight excluding hydrogens is 335 g/mol. The van der Waals surface area contributed by atoms with Crippen LogP contribution in [0.4, 0.5) is 4.39 Å². The van der Waals surface area contributed by atoms with Crippen molar-refractivity contribution in [2.75, 3.05) is 32.7 Å². The summed E-state index contributed by atoms with van der Waals surface area (Å²) < 4.78 is 44.8. The van der Waals surface area contributed by atoms with Gasteiger partial charge in [0.25, 0.3) is 0 Å². The molecule has 0 radical (unpaired) electrons. The van der Waals surface area contributed by atoms with E-state index in [-0.39, 0.29) is 4.90 Å². The van der Waals surface area contributed by atoms with E-state index < -0.39 is 21.9 Å². The maximum absolute atomic E-state index is 13.3. The molecule has 0 bridgehead atoms. The highest BCUT2D eigenvalue weighted by Crippen LogP contribution is 2.20. The molecule has 2 heterocycles. The van der Waals surface area contributed by atoms with Crippen molar-refractivity contribution in [3.8, 4) is 0 Å². The molecule has 130 valence electrons. The average molecular weight is 354 g/mol. The van der Waals surface area contributed by atoms with E-state index in [4.69, 9.17) is 4.42 Å².